The zero-order valence-electron chi connectivity index (χ0n) is 10.9. The Morgan fingerprint density at radius 1 is 1.44 bits per heavy atom. The number of fused-ring (bicyclic) bond motifs is 1. The van der Waals surface area contributed by atoms with Crippen LogP contribution in [0.5, 0.6) is 0 Å². The van der Waals surface area contributed by atoms with Crippen LogP contribution < -0.4 is 5.32 Å². The Morgan fingerprint density at radius 3 is 3.11 bits per heavy atom. The Hall–Kier alpha value is -1.16. The smallest absolute Gasteiger partial charge is 0.224 e. The highest BCUT2D eigenvalue weighted by molar-refractivity contribution is 7.16. The Balaban J connectivity index is 1.76. The van der Waals surface area contributed by atoms with Gasteiger partial charge >= 0.3 is 0 Å². The molecule has 0 radical (unpaired) electrons. The molecule has 96 valence electrons. The minimum absolute atomic E-state index is 0.535. The maximum Gasteiger partial charge on any atom is 0.224 e. The van der Waals surface area contributed by atoms with Crippen LogP contribution >= 0.6 is 11.3 Å². The van der Waals surface area contributed by atoms with Crippen LogP contribution in [0.1, 0.15) is 33.1 Å². The molecule has 3 nitrogen and oxygen atoms in total. The molecule has 0 bridgehead atoms. The Morgan fingerprint density at radius 2 is 2.33 bits per heavy atom. The fourth-order valence-electron chi connectivity index (χ4n) is 3.02. The number of aromatic nitrogens is 2. The average molecular weight is 261 g/mol. The van der Waals surface area contributed by atoms with Crippen LogP contribution in [0.4, 0.5) is 5.95 Å². The van der Waals surface area contributed by atoms with Crippen molar-refractivity contribution < 1.29 is 0 Å². The lowest BCUT2D eigenvalue weighted by molar-refractivity contribution is 0.391. The number of hydrogen-bond donors (Lipinski definition) is 1. The first kappa shape index (κ1) is 11.9. The lowest BCUT2D eigenvalue weighted by Crippen LogP contribution is -2.25. The van der Waals surface area contributed by atoms with Gasteiger partial charge in [0.1, 0.15) is 4.83 Å². The Bertz CT molecular complexity index is 537. The normalized spacial score (nSPS) is 27.8. The largest absolute Gasteiger partial charge is 0.351 e. The van der Waals surface area contributed by atoms with E-state index in [4.69, 9.17) is 0 Å². The molecule has 3 unspecified atom stereocenters. The molecule has 4 heteroatoms. The van der Waals surface area contributed by atoms with Gasteiger partial charge in [0.05, 0.1) is 0 Å². The molecule has 1 aliphatic carbocycles. The van der Waals surface area contributed by atoms with Gasteiger partial charge in [-0.25, -0.2) is 9.97 Å². The third kappa shape index (κ3) is 2.09. The molecule has 0 aromatic carbocycles. The van der Waals surface area contributed by atoms with Crippen LogP contribution in [0, 0.1) is 11.8 Å². The molecule has 1 aliphatic rings. The van der Waals surface area contributed by atoms with Gasteiger partial charge in [0.2, 0.25) is 5.95 Å². The van der Waals surface area contributed by atoms with Crippen LogP contribution in [-0.4, -0.2) is 16.0 Å². The summed E-state index contributed by atoms with van der Waals surface area (Å²) in [5, 5.41) is 6.72. The number of anilines is 1. The minimum atomic E-state index is 0.535. The van der Waals surface area contributed by atoms with E-state index in [1.165, 1.54) is 19.3 Å². The van der Waals surface area contributed by atoms with Gasteiger partial charge in [-0.15, -0.1) is 11.3 Å². The van der Waals surface area contributed by atoms with Crippen molar-refractivity contribution in [3.05, 3.63) is 17.6 Å². The van der Waals surface area contributed by atoms with Crippen molar-refractivity contribution in [2.75, 3.05) is 5.32 Å². The van der Waals surface area contributed by atoms with E-state index in [2.05, 4.69) is 40.6 Å². The van der Waals surface area contributed by atoms with Gasteiger partial charge in [-0.05, 0) is 36.1 Å². The Labute approximate surface area is 112 Å². The molecule has 0 saturated heterocycles. The number of thiophene rings is 1. The van der Waals surface area contributed by atoms with Gasteiger partial charge in [0.25, 0.3) is 0 Å². The third-order valence-electron chi connectivity index (χ3n) is 4.27. The summed E-state index contributed by atoms with van der Waals surface area (Å²) in [6.07, 6.45) is 5.77. The predicted molar refractivity (Wildman–Crippen MR) is 77.0 cm³/mol. The van der Waals surface area contributed by atoms with E-state index in [0.717, 1.165) is 28.0 Å². The van der Waals surface area contributed by atoms with E-state index in [1.807, 2.05) is 6.20 Å². The molecular formula is C14H19N3S. The van der Waals surface area contributed by atoms with Crippen molar-refractivity contribution in [2.45, 2.75) is 39.2 Å². The SMILES string of the molecule is CCC1CCC(Nc2ncc3ccsc3n2)C1C. The standard InChI is InChI=1S/C14H19N3S/c1-3-10-4-5-12(9(10)2)16-14-15-8-11-6-7-18-13(11)17-14/h6-10,12H,3-5H2,1-2H3,(H,15,16,17). The second kappa shape index (κ2) is 4.84. The zero-order valence-corrected chi connectivity index (χ0v) is 11.7. The average Bonchev–Trinajstić information content (AvgIpc) is 2.97. The number of nitrogens with zero attached hydrogens (tertiary/aromatic N) is 2. The summed E-state index contributed by atoms with van der Waals surface area (Å²) >= 11 is 1.67. The van der Waals surface area contributed by atoms with Crippen molar-refractivity contribution >= 4 is 27.5 Å². The van der Waals surface area contributed by atoms with Crippen molar-refractivity contribution in [1.29, 1.82) is 0 Å². The summed E-state index contributed by atoms with van der Waals surface area (Å²) in [5.74, 6) is 2.36. The highest BCUT2D eigenvalue weighted by atomic mass is 32.1. The molecular weight excluding hydrogens is 242 g/mol. The third-order valence-corrected chi connectivity index (χ3v) is 5.10. The quantitative estimate of drug-likeness (QED) is 0.909. The molecule has 2 aromatic heterocycles. The summed E-state index contributed by atoms with van der Waals surface area (Å²) in [4.78, 5) is 10.1. The molecule has 3 rings (SSSR count). The van der Waals surface area contributed by atoms with Gasteiger partial charge in [-0.2, -0.15) is 0 Å². The number of hydrogen-bond acceptors (Lipinski definition) is 4. The van der Waals surface area contributed by atoms with Crippen LogP contribution in [0.25, 0.3) is 10.2 Å². The van der Waals surface area contributed by atoms with Crippen molar-refractivity contribution in [3.8, 4) is 0 Å². The number of nitrogens with one attached hydrogen (secondary N) is 1. The van der Waals surface area contributed by atoms with E-state index in [-0.39, 0.29) is 0 Å². The molecule has 2 aromatic rings. The first-order valence-electron chi connectivity index (χ1n) is 6.74. The molecule has 0 spiro atoms. The zero-order chi connectivity index (χ0) is 12.5. The fraction of sp³-hybridized carbons (Fsp3) is 0.571. The van der Waals surface area contributed by atoms with Gasteiger partial charge < -0.3 is 5.32 Å². The molecule has 1 saturated carbocycles. The van der Waals surface area contributed by atoms with Gasteiger partial charge in [0.15, 0.2) is 0 Å². The fourth-order valence-corrected chi connectivity index (χ4v) is 3.76. The van der Waals surface area contributed by atoms with Crippen molar-refractivity contribution in [2.24, 2.45) is 11.8 Å². The summed E-state index contributed by atoms with van der Waals surface area (Å²) in [6.45, 7) is 4.64. The summed E-state index contributed by atoms with van der Waals surface area (Å²) < 4.78 is 0. The van der Waals surface area contributed by atoms with Crippen LogP contribution in [-0.2, 0) is 0 Å². The molecule has 3 atom stereocenters. The van der Waals surface area contributed by atoms with Crippen LogP contribution in [0.15, 0.2) is 17.6 Å². The first-order chi connectivity index (χ1) is 8.78. The maximum absolute atomic E-state index is 4.58. The summed E-state index contributed by atoms with van der Waals surface area (Å²) in [6, 6.07) is 2.60. The molecule has 1 N–H and O–H groups in total. The molecule has 2 heterocycles. The van der Waals surface area contributed by atoms with Gasteiger partial charge in [0, 0.05) is 17.6 Å². The number of rotatable bonds is 3. The van der Waals surface area contributed by atoms with Gasteiger partial charge in [-0.1, -0.05) is 20.3 Å². The molecule has 1 fully saturated rings. The summed E-state index contributed by atoms with van der Waals surface area (Å²) in [7, 11) is 0. The lowest BCUT2D eigenvalue weighted by atomic mass is 9.94. The first-order valence-corrected chi connectivity index (χ1v) is 7.62. The summed E-state index contributed by atoms with van der Waals surface area (Å²) in [5.41, 5.74) is 0. The second-order valence-corrected chi connectivity index (χ2v) is 6.12. The van der Waals surface area contributed by atoms with E-state index in [9.17, 15) is 0 Å². The lowest BCUT2D eigenvalue weighted by Gasteiger charge is -2.20. The maximum atomic E-state index is 4.58. The topological polar surface area (TPSA) is 37.8 Å². The van der Waals surface area contributed by atoms with Crippen LogP contribution in [0.3, 0.4) is 0 Å². The highest BCUT2D eigenvalue weighted by Gasteiger charge is 2.31. The Kier molecular flexibility index (Phi) is 3.20. The highest BCUT2D eigenvalue weighted by Crippen LogP contribution is 2.35. The van der Waals surface area contributed by atoms with Crippen molar-refractivity contribution in [3.63, 3.8) is 0 Å². The predicted octanol–water partition coefficient (Wildman–Crippen LogP) is 3.93. The van der Waals surface area contributed by atoms with E-state index in [0.29, 0.717) is 6.04 Å². The monoisotopic (exact) mass is 261 g/mol. The second-order valence-electron chi connectivity index (χ2n) is 5.23. The minimum Gasteiger partial charge on any atom is -0.351 e. The van der Waals surface area contributed by atoms with E-state index in [1.54, 1.807) is 11.3 Å². The van der Waals surface area contributed by atoms with Gasteiger partial charge in [-0.3, -0.25) is 0 Å². The van der Waals surface area contributed by atoms with Crippen LogP contribution in [0.2, 0.25) is 0 Å². The van der Waals surface area contributed by atoms with E-state index < -0.39 is 0 Å². The molecule has 0 amide bonds. The molecule has 18 heavy (non-hydrogen) atoms. The van der Waals surface area contributed by atoms with Crippen molar-refractivity contribution in [1.82, 2.24) is 9.97 Å². The molecule has 0 aliphatic heterocycles. The van der Waals surface area contributed by atoms with E-state index >= 15 is 0 Å².